The van der Waals surface area contributed by atoms with E-state index in [1.165, 1.54) is 16.7 Å². The highest BCUT2D eigenvalue weighted by molar-refractivity contribution is 7.09. The zero-order chi connectivity index (χ0) is 14.7. The number of hydrogen-bond acceptors (Lipinski definition) is 5. The van der Waals surface area contributed by atoms with Crippen LogP contribution in [0.15, 0.2) is 23.6 Å². The molecule has 0 spiro atoms. The van der Waals surface area contributed by atoms with Gasteiger partial charge in [-0.25, -0.2) is 9.78 Å². The van der Waals surface area contributed by atoms with Crippen LogP contribution in [0.2, 0.25) is 5.02 Å². The van der Waals surface area contributed by atoms with E-state index in [0.717, 1.165) is 5.69 Å². The van der Waals surface area contributed by atoms with E-state index in [2.05, 4.69) is 10.3 Å². The number of nitriles is 1. The SMILES string of the molecule is CC(Nc1ccc(C#N)c(Cl)c1)c1nc(C(=O)O)cs1. The summed E-state index contributed by atoms with van der Waals surface area (Å²) in [7, 11) is 0. The molecule has 0 fully saturated rings. The van der Waals surface area contributed by atoms with Gasteiger partial charge in [0.25, 0.3) is 0 Å². The van der Waals surface area contributed by atoms with Crippen molar-refractivity contribution in [2.75, 3.05) is 5.32 Å². The summed E-state index contributed by atoms with van der Waals surface area (Å²) < 4.78 is 0. The first-order valence-electron chi connectivity index (χ1n) is 5.66. The van der Waals surface area contributed by atoms with Crippen molar-refractivity contribution in [3.63, 3.8) is 0 Å². The number of hydrogen-bond donors (Lipinski definition) is 2. The first kappa shape index (κ1) is 14.3. The Kier molecular flexibility index (Phi) is 4.23. The van der Waals surface area contributed by atoms with Gasteiger partial charge in [-0.15, -0.1) is 11.3 Å². The van der Waals surface area contributed by atoms with E-state index in [1.807, 2.05) is 13.0 Å². The van der Waals surface area contributed by atoms with Crippen LogP contribution in [-0.2, 0) is 0 Å². The van der Waals surface area contributed by atoms with Crippen LogP contribution < -0.4 is 5.32 Å². The van der Waals surface area contributed by atoms with E-state index in [4.69, 9.17) is 22.0 Å². The minimum Gasteiger partial charge on any atom is -0.476 e. The molecule has 1 atom stereocenters. The van der Waals surface area contributed by atoms with Gasteiger partial charge in [0.2, 0.25) is 0 Å². The van der Waals surface area contributed by atoms with Crippen LogP contribution in [0.1, 0.15) is 34.0 Å². The molecule has 2 N–H and O–H groups in total. The number of thiazole rings is 1. The number of carboxylic acid groups (broad SMARTS) is 1. The molecule has 0 bridgehead atoms. The van der Waals surface area contributed by atoms with Crippen molar-refractivity contribution in [3.05, 3.63) is 44.9 Å². The molecule has 1 unspecified atom stereocenters. The predicted octanol–water partition coefficient (Wildman–Crippen LogP) is 3.54. The Morgan fingerprint density at radius 2 is 2.35 bits per heavy atom. The summed E-state index contributed by atoms with van der Waals surface area (Å²) in [4.78, 5) is 14.8. The molecule has 20 heavy (non-hydrogen) atoms. The molecule has 0 aliphatic rings. The largest absolute Gasteiger partial charge is 0.476 e. The number of carboxylic acids is 1. The molecule has 7 heteroatoms. The molecule has 0 aliphatic carbocycles. The Labute approximate surface area is 124 Å². The van der Waals surface area contributed by atoms with Gasteiger partial charge in [0, 0.05) is 11.1 Å². The van der Waals surface area contributed by atoms with Gasteiger partial charge in [0.1, 0.15) is 11.1 Å². The van der Waals surface area contributed by atoms with Crippen molar-refractivity contribution in [2.45, 2.75) is 13.0 Å². The maximum Gasteiger partial charge on any atom is 0.355 e. The average Bonchev–Trinajstić information content (AvgIpc) is 2.88. The normalized spacial score (nSPS) is 11.7. The van der Waals surface area contributed by atoms with Crippen LogP contribution >= 0.6 is 22.9 Å². The Balaban J connectivity index is 2.14. The number of aromatic carboxylic acids is 1. The second-order valence-electron chi connectivity index (χ2n) is 4.05. The van der Waals surface area contributed by atoms with Crippen LogP contribution in [0.3, 0.4) is 0 Å². The molecule has 5 nitrogen and oxygen atoms in total. The summed E-state index contributed by atoms with van der Waals surface area (Å²) in [5, 5.41) is 23.3. The molecular weight excluding hydrogens is 298 g/mol. The van der Waals surface area contributed by atoms with Gasteiger partial charge >= 0.3 is 5.97 Å². The Morgan fingerprint density at radius 1 is 1.60 bits per heavy atom. The number of carbonyl (C=O) groups is 1. The highest BCUT2D eigenvalue weighted by atomic mass is 35.5. The Bertz CT molecular complexity index is 693. The minimum absolute atomic E-state index is 0.0384. The summed E-state index contributed by atoms with van der Waals surface area (Å²) >= 11 is 7.23. The van der Waals surface area contributed by atoms with Gasteiger partial charge in [0.05, 0.1) is 16.6 Å². The van der Waals surface area contributed by atoms with Crippen molar-refractivity contribution < 1.29 is 9.90 Å². The third kappa shape index (κ3) is 3.07. The number of aromatic nitrogens is 1. The first-order chi connectivity index (χ1) is 9.51. The maximum absolute atomic E-state index is 10.8. The highest BCUT2D eigenvalue weighted by Gasteiger charge is 2.14. The van der Waals surface area contributed by atoms with E-state index < -0.39 is 5.97 Å². The summed E-state index contributed by atoms with van der Waals surface area (Å²) in [6, 6.07) is 6.86. The van der Waals surface area contributed by atoms with Crippen molar-refractivity contribution in [2.24, 2.45) is 0 Å². The van der Waals surface area contributed by atoms with Crippen molar-refractivity contribution in [3.8, 4) is 6.07 Å². The van der Waals surface area contributed by atoms with Gasteiger partial charge in [-0.3, -0.25) is 0 Å². The second-order valence-corrected chi connectivity index (χ2v) is 5.35. The molecule has 0 aliphatic heterocycles. The maximum atomic E-state index is 10.8. The van der Waals surface area contributed by atoms with Crippen molar-refractivity contribution in [1.29, 1.82) is 5.26 Å². The van der Waals surface area contributed by atoms with Crippen LogP contribution in [0.5, 0.6) is 0 Å². The lowest BCUT2D eigenvalue weighted by molar-refractivity contribution is 0.0691. The lowest BCUT2D eigenvalue weighted by atomic mass is 10.2. The molecule has 0 radical (unpaired) electrons. The van der Waals surface area contributed by atoms with E-state index in [9.17, 15) is 4.79 Å². The van der Waals surface area contributed by atoms with E-state index >= 15 is 0 Å². The fraction of sp³-hybridized carbons (Fsp3) is 0.154. The lowest BCUT2D eigenvalue weighted by Gasteiger charge is -2.13. The van der Waals surface area contributed by atoms with Crippen LogP contribution in [0.25, 0.3) is 0 Å². The number of benzene rings is 1. The molecular formula is C13H10ClN3O2S. The number of anilines is 1. The van der Waals surface area contributed by atoms with Crippen LogP contribution in [-0.4, -0.2) is 16.1 Å². The summed E-state index contributed by atoms with van der Waals surface area (Å²) in [5.74, 6) is -1.04. The number of nitrogens with one attached hydrogen (secondary N) is 1. The predicted molar refractivity (Wildman–Crippen MR) is 77.3 cm³/mol. The monoisotopic (exact) mass is 307 g/mol. The molecule has 0 saturated carbocycles. The molecule has 1 aromatic carbocycles. The molecule has 2 rings (SSSR count). The number of rotatable bonds is 4. The smallest absolute Gasteiger partial charge is 0.355 e. The third-order valence-electron chi connectivity index (χ3n) is 2.58. The highest BCUT2D eigenvalue weighted by Crippen LogP contribution is 2.25. The lowest BCUT2D eigenvalue weighted by Crippen LogP contribution is -2.07. The van der Waals surface area contributed by atoms with Gasteiger partial charge in [-0.05, 0) is 25.1 Å². The summed E-state index contributed by atoms with van der Waals surface area (Å²) in [5.41, 5.74) is 1.19. The fourth-order valence-corrected chi connectivity index (χ4v) is 2.61. The zero-order valence-electron chi connectivity index (χ0n) is 10.4. The summed E-state index contributed by atoms with van der Waals surface area (Å²) in [6.07, 6.45) is 0. The standard InChI is InChI=1S/C13H10ClN3O2S/c1-7(12-17-11(6-20-12)13(18)19)16-9-3-2-8(5-15)10(14)4-9/h2-4,6-7,16H,1H3,(H,18,19). The molecule has 1 aromatic heterocycles. The number of halogens is 1. The molecule has 102 valence electrons. The first-order valence-corrected chi connectivity index (χ1v) is 6.92. The molecule has 0 amide bonds. The molecule has 0 saturated heterocycles. The topological polar surface area (TPSA) is 86.0 Å². The van der Waals surface area contributed by atoms with E-state index in [1.54, 1.807) is 18.2 Å². The van der Waals surface area contributed by atoms with E-state index in [0.29, 0.717) is 15.6 Å². The average molecular weight is 308 g/mol. The van der Waals surface area contributed by atoms with Crippen molar-refractivity contribution in [1.82, 2.24) is 4.98 Å². The zero-order valence-corrected chi connectivity index (χ0v) is 12.0. The van der Waals surface area contributed by atoms with E-state index in [-0.39, 0.29) is 11.7 Å². The van der Waals surface area contributed by atoms with Gasteiger partial charge in [-0.1, -0.05) is 11.6 Å². The third-order valence-corrected chi connectivity index (χ3v) is 3.92. The van der Waals surface area contributed by atoms with Crippen LogP contribution in [0.4, 0.5) is 5.69 Å². The Hall–Kier alpha value is -2.10. The number of nitrogens with zero attached hydrogens (tertiary/aromatic N) is 2. The van der Waals surface area contributed by atoms with Gasteiger partial charge < -0.3 is 10.4 Å². The fourth-order valence-electron chi connectivity index (χ4n) is 1.59. The minimum atomic E-state index is -1.04. The molecule has 1 heterocycles. The quantitative estimate of drug-likeness (QED) is 0.902. The van der Waals surface area contributed by atoms with Crippen molar-refractivity contribution >= 4 is 34.6 Å². The van der Waals surface area contributed by atoms with Gasteiger partial charge in [0.15, 0.2) is 5.69 Å². The van der Waals surface area contributed by atoms with Gasteiger partial charge in [-0.2, -0.15) is 5.26 Å². The Morgan fingerprint density at radius 3 is 2.90 bits per heavy atom. The summed E-state index contributed by atoms with van der Waals surface area (Å²) in [6.45, 7) is 1.87. The molecule has 2 aromatic rings. The van der Waals surface area contributed by atoms with Crippen LogP contribution in [0, 0.1) is 11.3 Å². The second kappa shape index (κ2) is 5.90.